The standard InChI is InChI=1S/C8H6F3NO2.ClH/c9-8(10,11)14-12-7(13)6-4-2-1-3-5-6;/h1-5H,(H,12,13);1H. The van der Waals surface area contributed by atoms with Gasteiger partial charge in [-0.2, -0.15) is 4.84 Å². The molecule has 0 aliphatic heterocycles. The number of carbonyl (C=O) groups excluding carboxylic acids is 1. The first kappa shape index (κ1) is 13.7. The van der Waals surface area contributed by atoms with Crippen molar-refractivity contribution in [3.63, 3.8) is 0 Å². The molecule has 0 spiro atoms. The topological polar surface area (TPSA) is 38.3 Å². The van der Waals surface area contributed by atoms with E-state index in [2.05, 4.69) is 4.84 Å². The maximum absolute atomic E-state index is 11.5. The highest BCUT2D eigenvalue weighted by Gasteiger charge is 2.31. The van der Waals surface area contributed by atoms with Crippen LogP contribution in [0.15, 0.2) is 30.3 Å². The Morgan fingerprint density at radius 1 is 1.20 bits per heavy atom. The van der Waals surface area contributed by atoms with Crippen LogP contribution < -0.4 is 5.48 Å². The second kappa shape index (κ2) is 5.57. The van der Waals surface area contributed by atoms with Crippen molar-refractivity contribution in [1.29, 1.82) is 0 Å². The Labute approximate surface area is 89.6 Å². The predicted molar refractivity (Wildman–Crippen MR) is 48.3 cm³/mol. The summed E-state index contributed by atoms with van der Waals surface area (Å²) in [6.07, 6.45) is -4.87. The Kier molecular flexibility index (Phi) is 5.10. The van der Waals surface area contributed by atoms with Crippen molar-refractivity contribution in [2.75, 3.05) is 0 Å². The summed E-state index contributed by atoms with van der Waals surface area (Å²) < 4.78 is 34.5. The van der Waals surface area contributed by atoms with E-state index in [1.165, 1.54) is 29.7 Å². The minimum absolute atomic E-state index is 0. The lowest BCUT2D eigenvalue weighted by Crippen LogP contribution is -2.30. The quantitative estimate of drug-likeness (QED) is 0.807. The van der Waals surface area contributed by atoms with Crippen LogP contribution in [0.25, 0.3) is 0 Å². The minimum atomic E-state index is -4.87. The van der Waals surface area contributed by atoms with E-state index in [1.807, 2.05) is 0 Å². The van der Waals surface area contributed by atoms with Gasteiger partial charge in [-0.05, 0) is 12.1 Å². The summed E-state index contributed by atoms with van der Waals surface area (Å²) in [6, 6.07) is 7.44. The molecule has 0 heterocycles. The third-order valence-corrected chi connectivity index (χ3v) is 1.30. The number of hydrogen-bond acceptors (Lipinski definition) is 2. The molecule has 0 atom stereocenters. The molecule has 1 aromatic carbocycles. The monoisotopic (exact) mass is 241 g/mol. The van der Waals surface area contributed by atoms with E-state index in [9.17, 15) is 18.0 Å². The summed E-state index contributed by atoms with van der Waals surface area (Å²) >= 11 is 0. The van der Waals surface area contributed by atoms with Crippen molar-refractivity contribution in [2.45, 2.75) is 6.36 Å². The molecule has 0 aliphatic carbocycles. The van der Waals surface area contributed by atoms with Crippen LogP contribution in [0.5, 0.6) is 0 Å². The van der Waals surface area contributed by atoms with E-state index in [1.54, 1.807) is 6.07 Å². The lowest BCUT2D eigenvalue weighted by Gasteiger charge is -2.07. The average molecular weight is 242 g/mol. The number of halogens is 4. The van der Waals surface area contributed by atoms with Crippen LogP contribution in [0.2, 0.25) is 0 Å². The number of hydrogen-bond donors (Lipinski definition) is 1. The molecule has 0 fully saturated rings. The molecule has 0 aliphatic rings. The molecule has 0 radical (unpaired) electrons. The zero-order valence-electron chi connectivity index (χ0n) is 7.25. The molecule has 15 heavy (non-hydrogen) atoms. The van der Waals surface area contributed by atoms with E-state index in [0.29, 0.717) is 0 Å². The van der Waals surface area contributed by atoms with Crippen molar-refractivity contribution < 1.29 is 22.8 Å². The van der Waals surface area contributed by atoms with Crippen LogP contribution in [0.1, 0.15) is 10.4 Å². The van der Waals surface area contributed by atoms with Gasteiger partial charge in [0.15, 0.2) is 0 Å². The number of rotatable bonds is 2. The van der Waals surface area contributed by atoms with Crippen LogP contribution in [0.3, 0.4) is 0 Å². The van der Waals surface area contributed by atoms with E-state index in [-0.39, 0.29) is 18.0 Å². The first-order valence-corrected chi connectivity index (χ1v) is 3.59. The van der Waals surface area contributed by atoms with Crippen molar-refractivity contribution in [1.82, 2.24) is 5.48 Å². The smallest absolute Gasteiger partial charge is 0.267 e. The maximum Gasteiger partial charge on any atom is 0.543 e. The van der Waals surface area contributed by atoms with E-state index < -0.39 is 12.3 Å². The van der Waals surface area contributed by atoms with Crippen molar-refractivity contribution in [2.24, 2.45) is 0 Å². The first-order valence-electron chi connectivity index (χ1n) is 3.59. The number of benzene rings is 1. The van der Waals surface area contributed by atoms with Crippen LogP contribution in [-0.2, 0) is 4.84 Å². The van der Waals surface area contributed by atoms with E-state index >= 15 is 0 Å². The van der Waals surface area contributed by atoms with E-state index in [4.69, 9.17) is 0 Å². The zero-order valence-corrected chi connectivity index (χ0v) is 8.06. The normalized spacial score (nSPS) is 10.3. The lowest BCUT2D eigenvalue weighted by molar-refractivity contribution is -0.343. The van der Waals surface area contributed by atoms with Gasteiger partial charge in [-0.1, -0.05) is 18.2 Å². The van der Waals surface area contributed by atoms with Crippen LogP contribution in [0, 0.1) is 0 Å². The second-order valence-electron chi connectivity index (χ2n) is 2.35. The van der Waals surface area contributed by atoms with Gasteiger partial charge in [-0.15, -0.1) is 25.6 Å². The first-order chi connectivity index (χ1) is 6.49. The second-order valence-corrected chi connectivity index (χ2v) is 2.35. The molecular weight excluding hydrogens is 235 g/mol. The third-order valence-electron chi connectivity index (χ3n) is 1.30. The molecule has 3 nitrogen and oxygen atoms in total. The van der Waals surface area contributed by atoms with Gasteiger partial charge in [-0.25, -0.2) is 5.48 Å². The summed E-state index contributed by atoms with van der Waals surface area (Å²) in [6.45, 7) is 0. The summed E-state index contributed by atoms with van der Waals surface area (Å²) in [5.74, 6) is -0.942. The van der Waals surface area contributed by atoms with Gasteiger partial charge in [0.2, 0.25) is 0 Å². The fourth-order valence-corrected chi connectivity index (χ4v) is 0.753. The fourth-order valence-electron chi connectivity index (χ4n) is 0.753. The Hall–Kier alpha value is -1.27. The van der Waals surface area contributed by atoms with Crippen molar-refractivity contribution in [3.05, 3.63) is 35.9 Å². The summed E-state index contributed by atoms with van der Waals surface area (Å²) in [5, 5.41) is 0. The molecule has 0 saturated carbocycles. The molecule has 1 N–H and O–H groups in total. The largest absolute Gasteiger partial charge is 0.543 e. The lowest BCUT2D eigenvalue weighted by atomic mass is 10.2. The Balaban J connectivity index is 0.00000196. The van der Waals surface area contributed by atoms with Crippen molar-refractivity contribution in [3.8, 4) is 0 Å². The van der Waals surface area contributed by atoms with Gasteiger partial charge in [0.25, 0.3) is 5.91 Å². The summed E-state index contributed by atoms with van der Waals surface area (Å²) in [7, 11) is 0. The molecule has 0 bridgehead atoms. The highest BCUT2D eigenvalue weighted by Crippen LogP contribution is 2.14. The number of carbonyl (C=O) groups is 1. The Morgan fingerprint density at radius 3 is 2.20 bits per heavy atom. The zero-order chi connectivity index (χ0) is 10.6. The van der Waals surface area contributed by atoms with Crippen molar-refractivity contribution >= 4 is 18.3 Å². The summed E-state index contributed by atoms with van der Waals surface area (Å²) in [5.41, 5.74) is 1.37. The van der Waals surface area contributed by atoms with Crippen LogP contribution >= 0.6 is 12.4 Å². The highest BCUT2D eigenvalue weighted by molar-refractivity contribution is 5.93. The molecule has 7 heteroatoms. The average Bonchev–Trinajstić information content (AvgIpc) is 2.14. The summed E-state index contributed by atoms with van der Waals surface area (Å²) in [4.78, 5) is 14.1. The van der Waals surface area contributed by atoms with Crippen LogP contribution in [-0.4, -0.2) is 12.3 Å². The highest BCUT2D eigenvalue weighted by atomic mass is 35.5. The Bertz CT molecular complexity index is 315. The number of nitrogens with one attached hydrogen (secondary N) is 1. The molecule has 1 amide bonds. The van der Waals surface area contributed by atoms with Gasteiger partial charge < -0.3 is 0 Å². The van der Waals surface area contributed by atoms with Gasteiger partial charge >= 0.3 is 6.36 Å². The van der Waals surface area contributed by atoms with Gasteiger partial charge in [-0.3, -0.25) is 4.79 Å². The van der Waals surface area contributed by atoms with E-state index in [0.717, 1.165) is 0 Å². The molecule has 1 rings (SSSR count). The molecule has 84 valence electrons. The third kappa shape index (κ3) is 5.24. The number of hydroxylamine groups is 1. The number of alkyl halides is 3. The molecule has 0 unspecified atom stereocenters. The molecule has 0 aromatic heterocycles. The van der Waals surface area contributed by atoms with Crippen LogP contribution in [0.4, 0.5) is 13.2 Å². The molecule has 1 aromatic rings. The Morgan fingerprint density at radius 2 is 1.73 bits per heavy atom. The van der Waals surface area contributed by atoms with Gasteiger partial charge in [0.1, 0.15) is 0 Å². The molecular formula is C8H7ClF3NO2. The maximum atomic E-state index is 11.5. The SMILES string of the molecule is Cl.O=C(NOC(F)(F)F)c1ccccc1. The van der Waals surface area contributed by atoms with Gasteiger partial charge in [0.05, 0.1) is 0 Å². The minimum Gasteiger partial charge on any atom is -0.267 e. The molecule has 0 saturated heterocycles. The number of amides is 1. The predicted octanol–water partition coefficient (Wildman–Crippen LogP) is 2.29. The van der Waals surface area contributed by atoms with Gasteiger partial charge in [0, 0.05) is 5.56 Å². The fraction of sp³-hybridized carbons (Fsp3) is 0.125.